The summed E-state index contributed by atoms with van der Waals surface area (Å²) in [6.07, 6.45) is 0. The van der Waals surface area contributed by atoms with Gasteiger partial charge in [0.25, 0.3) is 5.91 Å². The molecule has 1 amide bonds. The van der Waals surface area contributed by atoms with Crippen LogP contribution in [0.25, 0.3) is 0 Å². The van der Waals surface area contributed by atoms with Crippen molar-refractivity contribution in [2.45, 2.75) is 26.4 Å². The number of carbonyl (C=O) groups excluding carboxylic acids is 1. The molecular formula is C15H21N3O3. The molecule has 0 fully saturated rings. The van der Waals surface area contributed by atoms with Gasteiger partial charge in [-0.3, -0.25) is 4.79 Å². The second-order valence-corrected chi connectivity index (χ2v) is 4.73. The fraction of sp³-hybridized carbons (Fsp3) is 0.467. The number of ether oxygens (including phenoxy) is 2. The van der Waals surface area contributed by atoms with Crippen LogP contribution in [0.2, 0.25) is 0 Å². The molecule has 21 heavy (non-hydrogen) atoms. The molecule has 6 nitrogen and oxygen atoms in total. The standard InChI is InChI=1S/C15H21N3O3/c1-11(2)18-9-12-4-5-13(20-3)8-14(12)21-10-15(19)17-7-6-16/h4-5,8,11,18H,7,9-10H2,1-3H3,(H,17,19). The molecule has 114 valence electrons. The summed E-state index contributed by atoms with van der Waals surface area (Å²) in [4.78, 5) is 11.5. The minimum Gasteiger partial charge on any atom is -0.497 e. The van der Waals surface area contributed by atoms with Crippen molar-refractivity contribution in [3.05, 3.63) is 23.8 Å². The molecule has 0 bridgehead atoms. The molecule has 0 aromatic heterocycles. The predicted molar refractivity (Wildman–Crippen MR) is 79.1 cm³/mol. The van der Waals surface area contributed by atoms with Gasteiger partial charge >= 0.3 is 0 Å². The number of nitrogens with one attached hydrogen (secondary N) is 2. The summed E-state index contributed by atoms with van der Waals surface area (Å²) in [6.45, 7) is 4.58. The van der Waals surface area contributed by atoms with Crippen molar-refractivity contribution in [1.29, 1.82) is 5.26 Å². The molecule has 0 atom stereocenters. The zero-order valence-electron chi connectivity index (χ0n) is 12.6. The molecule has 0 saturated heterocycles. The molecule has 0 unspecified atom stereocenters. The average Bonchev–Trinajstić information content (AvgIpc) is 2.48. The highest BCUT2D eigenvalue weighted by Gasteiger charge is 2.09. The van der Waals surface area contributed by atoms with Gasteiger partial charge in [-0.2, -0.15) is 5.26 Å². The lowest BCUT2D eigenvalue weighted by Gasteiger charge is -2.14. The smallest absolute Gasteiger partial charge is 0.258 e. The maximum absolute atomic E-state index is 11.5. The van der Waals surface area contributed by atoms with E-state index in [-0.39, 0.29) is 19.1 Å². The van der Waals surface area contributed by atoms with Crippen molar-refractivity contribution in [3.63, 3.8) is 0 Å². The first-order chi connectivity index (χ1) is 10.1. The zero-order valence-corrected chi connectivity index (χ0v) is 12.6. The summed E-state index contributed by atoms with van der Waals surface area (Å²) in [7, 11) is 1.57. The van der Waals surface area contributed by atoms with E-state index in [0.29, 0.717) is 24.1 Å². The van der Waals surface area contributed by atoms with Crippen molar-refractivity contribution >= 4 is 5.91 Å². The molecule has 1 rings (SSSR count). The van der Waals surface area contributed by atoms with Crippen LogP contribution in [-0.4, -0.2) is 32.2 Å². The normalized spacial score (nSPS) is 10.0. The molecule has 0 heterocycles. The van der Waals surface area contributed by atoms with Crippen LogP contribution in [0.1, 0.15) is 19.4 Å². The van der Waals surface area contributed by atoms with E-state index in [0.717, 1.165) is 5.56 Å². The summed E-state index contributed by atoms with van der Waals surface area (Å²) in [5.74, 6) is 0.924. The molecule has 0 spiro atoms. The topological polar surface area (TPSA) is 83.4 Å². The number of benzene rings is 1. The van der Waals surface area contributed by atoms with Gasteiger partial charge in [-0.15, -0.1) is 0 Å². The third kappa shape index (κ3) is 6.15. The minimum atomic E-state index is -0.331. The SMILES string of the molecule is COc1ccc(CNC(C)C)c(OCC(=O)NCC#N)c1. The molecular weight excluding hydrogens is 270 g/mol. The Bertz CT molecular complexity index is 509. The Morgan fingerprint density at radius 1 is 1.43 bits per heavy atom. The fourth-order valence-corrected chi connectivity index (χ4v) is 1.59. The van der Waals surface area contributed by atoms with E-state index >= 15 is 0 Å². The highest BCUT2D eigenvalue weighted by molar-refractivity contribution is 5.77. The largest absolute Gasteiger partial charge is 0.497 e. The Morgan fingerprint density at radius 3 is 2.81 bits per heavy atom. The molecule has 0 radical (unpaired) electrons. The zero-order chi connectivity index (χ0) is 15.7. The highest BCUT2D eigenvalue weighted by Crippen LogP contribution is 2.24. The van der Waals surface area contributed by atoms with Crippen LogP contribution < -0.4 is 20.1 Å². The Balaban J connectivity index is 2.72. The van der Waals surface area contributed by atoms with Gasteiger partial charge in [0.2, 0.25) is 0 Å². The molecule has 6 heteroatoms. The monoisotopic (exact) mass is 291 g/mol. The van der Waals surface area contributed by atoms with Gasteiger partial charge in [-0.1, -0.05) is 19.9 Å². The average molecular weight is 291 g/mol. The van der Waals surface area contributed by atoms with Crippen molar-refractivity contribution in [3.8, 4) is 17.6 Å². The van der Waals surface area contributed by atoms with E-state index in [2.05, 4.69) is 24.5 Å². The molecule has 0 aliphatic carbocycles. The van der Waals surface area contributed by atoms with Gasteiger partial charge < -0.3 is 20.1 Å². The predicted octanol–water partition coefficient (Wildman–Crippen LogP) is 1.21. The Morgan fingerprint density at radius 2 is 2.19 bits per heavy atom. The Kier molecular flexibility index (Phi) is 7.05. The number of hydrogen-bond donors (Lipinski definition) is 2. The number of nitrogens with zero attached hydrogens (tertiary/aromatic N) is 1. The Labute approximate surface area is 125 Å². The van der Waals surface area contributed by atoms with Crippen LogP contribution >= 0.6 is 0 Å². The lowest BCUT2D eigenvalue weighted by molar-refractivity contribution is -0.122. The van der Waals surface area contributed by atoms with Crippen molar-refractivity contribution in [2.75, 3.05) is 20.3 Å². The van der Waals surface area contributed by atoms with Gasteiger partial charge in [0.05, 0.1) is 13.2 Å². The fourth-order valence-electron chi connectivity index (χ4n) is 1.59. The molecule has 1 aromatic rings. The Hall–Kier alpha value is -2.26. The summed E-state index contributed by atoms with van der Waals surface area (Å²) in [5, 5.41) is 14.1. The van der Waals surface area contributed by atoms with E-state index in [1.54, 1.807) is 13.2 Å². The summed E-state index contributed by atoms with van der Waals surface area (Å²) in [6, 6.07) is 7.68. The van der Waals surface area contributed by atoms with Crippen LogP contribution in [0.4, 0.5) is 0 Å². The van der Waals surface area contributed by atoms with Crippen LogP contribution in [0.3, 0.4) is 0 Å². The summed E-state index contributed by atoms with van der Waals surface area (Å²) in [5.41, 5.74) is 0.942. The first-order valence-corrected chi connectivity index (χ1v) is 6.73. The van der Waals surface area contributed by atoms with Crippen LogP contribution in [0.15, 0.2) is 18.2 Å². The van der Waals surface area contributed by atoms with Crippen LogP contribution in [-0.2, 0) is 11.3 Å². The van der Waals surface area contributed by atoms with E-state index < -0.39 is 0 Å². The first kappa shape index (κ1) is 16.8. The summed E-state index contributed by atoms with van der Waals surface area (Å²) < 4.78 is 10.7. The van der Waals surface area contributed by atoms with E-state index in [1.165, 1.54) is 0 Å². The number of rotatable bonds is 8. The first-order valence-electron chi connectivity index (χ1n) is 6.73. The number of amides is 1. The molecule has 0 aliphatic rings. The van der Waals surface area contributed by atoms with E-state index in [4.69, 9.17) is 14.7 Å². The number of nitriles is 1. The maximum atomic E-state index is 11.5. The molecule has 0 aliphatic heterocycles. The molecule has 1 aromatic carbocycles. The quantitative estimate of drug-likeness (QED) is 0.703. The molecule has 0 saturated carbocycles. The van der Waals surface area contributed by atoms with Gasteiger partial charge in [-0.25, -0.2) is 0 Å². The van der Waals surface area contributed by atoms with Crippen LogP contribution in [0, 0.1) is 11.3 Å². The van der Waals surface area contributed by atoms with Crippen LogP contribution in [0.5, 0.6) is 11.5 Å². The third-order valence-electron chi connectivity index (χ3n) is 2.70. The number of hydrogen-bond acceptors (Lipinski definition) is 5. The number of methoxy groups -OCH3 is 1. The van der Waals surface area contributed by atoms with Crippen molar-refractivity contribution in [1.82, 2.24) is 10.6 Å². The van der Waals surface area contributed by atoms with Gasteiger partial charge in [-0.05, 0) is 6.07 Å². The maximum Gasteiger partial charge on any atom is 0.258 e. The van der Waals surface area contributed by atoms with Gasteiger partial charge in [0.1, 0.15) is 18.0 Å². The number of carbonyl (C=O) groups is 1. The minimum absolute atomic E-state index is 0.0257. The van der Waals surface area contributed by atoms with Gasteiger partial charge in [0, 0.05) is 24.2 Å². The highest BCUT2D eigenvalue weighted by atomic mass is 16.5. The van der Waals surface area contributed by atoms with Gasteiger partial charge in [0.15, 0.2) is 6.61 Å². The van der Waals surface area contributed by atoms with E-state index in [9.17, 15) is 4.79 Å². The second-order valence-electron chi connectivity index (χ2n) is 4.73. The third-order valence-corrected chi connectivity index (χ3v) is 2.70. The molecule has 2 N–H and O–H groups in total. The lowest BCUT2D eigenvalue weighted by atomic mass is 10.2. The lowest BCUT2D eigenvalue weighted by Crippen LogP contribution is -2.29. The van der Waals surface area contributed by atoms with E-state index in [1.807, 2.05) is 18.2 Å². The second kappa shape index (κ2) is 8.82. The summed E-state index contributed by atoms with van der Waals surface area (Å²) >= 11 is 0. The van der Waals surface area contributed by atoms with Crippen molar-refractivity contribution < 1.29 is 14.3 Å². The van der Waals surface area contributed by atoms with Crippen molar-refractivity contribution in [2.24, 2.45) is 0 Å².